The molecule has 1 aliphatic heterocycles. The zero-order valence-electron chi connectivity index (χ0n) is 30.0. The van der Waals surface area contributed by atoms with E-state index < -0.39 is 0 Å². The molecule has 258 valence electrons. The maximum atomic E-state index is 6.61. The van der Waals surface area contributed by atoms with Crippen LogP contribution in [0.25, 0.3) is 0 Å². The summed E-state index contributed by atoms with van der Waals surface area (Å²) in [5.41, 5.74) is 0. The average Bonchev–Trinajstić information content (AvgIpc) is 3.46. The van der Waals surface area contributed by atoms with Crippen molar-refractivity contribution >= 4 is 0 Å². The molecule has 0 aromatic rings. The Bertz CT molecular complexity index is 752. The maximum absolute atomic E-state index is 6.61. The molecular formula is C42H73NO2. The first-order valence-corrected chi connectivity index (χ1v) is 19.1. The number of rotatable bonds is 31. The maximum Gasteiger partial charge on any atom is 0.168 e. The van der Waals surface area contributed by atoms with E-state index in [9.17, 15) is 0 Å². The van der Waals surface area contributed by atoms with Crippen molar-refractivity contribution < 1.29 is 9.47 Å². The summed E-state index contributed by atoms with van der Waals surface area (Å²) in [5.74, 6) is -0.324. The van der Waals surface area contributed by atoms with Crippen LogP contribution in [0.5, 0.6) is 0 Å². The Morgan fingerprint density at radius 3 is 1.38 bits per heavy atom. The zero-order chi connectivity index (χ0) is 32.4. The molecule has 1 unspecified atom stereocenters. The summed E-state index contributed by atoms with van der Waals surface area (Å²) >= 11 is 0. The summed E-state index contributed by atoms with van der Waals surface area (Å²) in [7, 11) is 2.02. The van der Waals surface area contributed by atoms with Gasteiger partial charge in [-0.05, 0) is 97.1 Å². The number of hydrogen-bond acceptors (Lipinski definition) is 3. The van der Waals surface area contributed by atoms with Crippen LogP contribution in [0.1, 0.15) is 162 Å². The highest BCUT2D eigenvalue weighted by Crippen LogP contribution is 2.35. The van der Waals surface area contributed by atoms with E-state index in [1.807, 2.05) is 7.05 Å². The quantitative estimate of drug-likeness (QED) is 0.0615. The van der Waals surface area contributed by atoms with Gasteiger partial charge in [-0.2, -0.15) is 0 Å². The molecule has 45 heavy (non-hydrogen) atoms. The Balaban J connectivity index is 2.14. The molecule has 0 aromatic carbocycles. The second-order valence-corrected chi connectivity index (χ2v) is 12.8. The minimum absolute atomic E-state index is 0.250. The number of allylic oxidation sites excluding steroid dienone is 12. The Morgan fingerprint density at radius 2 is 0.933 bits per heavy atom. The molecule has 0 bridgehead atoms. The first kappa shape index (κ1) is 41.3. The Hall–Kier alpha value is -1.68. The van der Waals surface area contributed by atoms with Gasteiger partial charge in [-0.15, -0.1) is 0 Å². The van der Waals surface area contributed by atoms with Crippen LogP contribution in [0, 0.1) is 0 Å². The standard InChI is InChI=1S/C42H73NO2/c1-4-6-8-10-12-14-16-18-20-22-24-26-28-30-32-34-37-42(44-40-41(45-42)36-39-43-3)38-35-33-31-29-27-25-23-21-19-17-15-13-11-9-7-5-2/h6-9,12-15,18-21,41,43H,4-5,10-11,16-17,22-40H2,1-3H3. The second-order valence-electron chi connectivity index (χ2n) is 12.8. The van der Waals surface area contributed by atoms with Crippen LogP contribution in [0.3, 0.4) is 0 Å². The van der Waals surface area contributed by atoms with Gasteiger partial charge in [0, 0.05) is 12.8 Å². The van der Waals surface area contributed by atoms with Crippen LogP contribution in [-0.4, -0.2) is 32.1 Å². The first-order chi connectivity index (χ1) is 22.3. The van der Waals surface area contributed by atoms with Gasteiger partial charge < -0.3 is 14.8 Å². The molecule has 0 amide bonds. The van der Waals surface area contributed by atoms with Gasteiger partial charge in [0.1, 0.15) is 0 Å². The third-order valence-electron chi connectivity index (χ3n) is 8.55. The average molecular weight is 624 g/mol. The first-order valence-electron chi connectivity index (χ1n) is 19.1. The normalized spacial score (nSPS) is 19.4. The Morgan fingerprint density at radius 1 is 0.533 bits per heavy atom. The molecule has 3 heteroatoms. The Kier molecular flexibility index (Phi) is 29.6. The van der Waals surface area contributed by atoms with Gasteiger partial charge in [0.15, 0.2) is 5.79 Å². The van der Waals surface area contributed by atoms with Crippen LogP contribution in [0.2, 0.25) is 0 Å². The summed E-state index contributed by atoms with van der Waals surface area (Å²) in [6, 6.07) is 0. The Labute approximate surface area is 280 Å². The molecule has 3 nitrogen and oxygen atoms in total. The lowest BCUT2D eigenvalue weighted by molar-refractivity contribution is -0.179. The molecule has 1 saturated heterocycles. The van der Waals surface area contributed by atoms with E-state index in [1.165, 1.54) is 89.9 Å². The summed E-state index contributed by atoms with van der Waals surface area (Å²) in [6.45, 7) is 6.12. The predicted molar refractivity (Wildman–Crippen MR) is 200 cm³/mol. The monoisotopic (exact) mass is 624 g/mol. The van der Waals surface area contributed by atoms with E-state index in [1.54, 1.807) is 0 Å². The van der Waals surface area contributed by atoms with Gasteiger partial charge in [-0.25, -0.2) is 0 Å². The minimum Gasteiger partial charge on any atom is -0.347 e. The third kappa shape index (κ3) is 26.1. The molecule has 1 N–H and O–H groups in total. The molecule has 0 spiro atoms. The number of unbranched alkanes of at least 4 members (excludes halogenated alkanes) is 12. The van der Waals surface area contributed by atoms with E-state index in [4.69, 9.17) is 9.47 Å². The molecular weight excluding hydrogens is 550 g/mol. The van der Waals surface area contributed by atoms with Crippen LogP contribution in [-0.2, 0) is 9.47 Å². The van der Waals surface area contributed by atoms with E-state index >= 15 is 0 Å². The van der Waals surface area contributed by atoms with Gasteiger partial charge in [-0.3, -0.25) is 0 Å². The van der Waals surface area contributed by atoms with Crippen molar-refractivity contribution in [1.29, 1.82) is 0 Å². The molecule has 1 atom stereocenters. The van der Waals surface area contributed by atoms with E-state index in [0.717, 1.165) is 70.9 Å². The van der Waals surface area contributed by atoms with E-state index in [2.05, 4.69) is 92.1 Å². The van der Waals surface area contributed by atoms with Crippen molar-refractivity contribution in [3.8, 4) is 0 Å². The van der Waals surface area contributed by atoms with Crippen LogP contribution in [0.4, 0.5) is 0 Å². The molecule has 0 radical (unpaired) electrons. The fourth-order valence-corrected chi connectivity index (χ4v) is 5.83. The zero-order valence-corrected chi connectivity index (χ0v) is 30.0. The summed E-state index contributed by atoms with van der Waals surface area (Å²) < 4.78 is 13.0. The highest BCUT2D eigenvalue weighted by Gasteiger charge is 2.40. The SMILES string of the molecule is CCC=CCC=CCC=CCCCCCCCCC1(CCCCCCCCC=CCC=CCC=CCC)OCC(CCNC)O1. The van der Waals surface area contributed by atoms with Gasteiger partial charge in [0.2, 0.25) is 0 Å². The van der Waals surface area contributed by atoms with Crippen LogP contribution >= 0.6 is 0 Å². The summed E-state index contributed by atoms with van der Waals surface area (Å²) in [6.07, 6.45) is 55.5. The van der Waals surface area contributed by atoms with Crippen molar-refractivity contribution in [3.63, 3.8) is 0 Å². The third-order valence-corrected chi connectivity index (χ3v) is 8.55. The van der Waals surface area contributed by atoms with Gasteiger partial charge in [-0.1, -0.05) is 138 Å². The van der Waals surface area contributed by atoms with Crippen LogP contribution in [0.15, 0.2) is 72.9 Å². The molecule has 1 aliphatic rings. The number of hydrogen-bond donors (Lipinski definition) is 1. The van der Waals surface area contributed by atoms with E-state index in [0.29, 0.717) is 0 Å². The van der Waals surface area contributed by atoms with E-state index in [-0.39, 0.29) is 11.9 Å². The number of nitrogens with one attached hydrogen (secondary N) is 1. The lowest BCUT2D eigenvalue weighted by Gasteiger charge is -2.28. The van der Waals surface area contributed by atoms with Crippen molar-refractivity contribution in [2.24, 2.45) is 0 Å². The van der Waals surface area contributed by atoms with Crippen molar-refractivity contribution in [2.45, 2.75) is 173 Å². The fraction of sp³-hybridized carbons (Fsp3) is 0.714. The summed E-state index contributed by atoms with van der Waals surface area (Å²) in [5, 5.41) is 3.27. The molecule has 1 fully saturated rings. The fourth-order valence-electron chi connectivity index (χ4n) is 5.83. The largest absolute Gasteiger partial charge is 0.347 e. The molecule has 0 saturated carbocycles. The second kappa shape index (κ2) is 32.3. The van der Waals surface area contributed by atoms with Crippen molar-refractivity contribution in [1.82, 2.24) is 5.32 Å². The topological polar surface area (TPSA) is 30.5 Å². The summed E-state index contributed by atoms with van der Waals surface area (Å²) in [4.78, 5) is 0. The van der Waals surface area contributed by atoms with Gasteiger partial charge in [0.25, 0.3) is 0 Å². The highest BCUT2D eigenvalue weighted by molar-refractivity contribution is 4.98. The van der Waals surface area contributed by atoms with Crippen LogP contribution < -0.4 is 5.32 Å². The number of ether oxygens (including phenoxy) is 2. The molecule has 1 rings (SSSR count). The van der Waals surface area contributed by atoms with Gasteiger partial charge >= 0.3 is 0 Å². The highest BCUT2D eigenvalue weighted by atomic mass is 16.7. The molecule has 1 heterocycles. The van der Waals surface area contributed by atoms with Crippen molar-refractivity contribution in [2.75, 3.05) is 20.2 Å². The lowest BCUT2D eigenvalue weighted by Crippen LogP contribution is -2.31. The molecule has 0 aliphatic carbocycles. The van der Waals surface area contributed by atoms with Crippen molar-refractivity contribution in [3.05, 3.63) is 72.9 Å². The predicted octanol–water partition coefficient (Wildman–Crippen LogP) is 12.7. The minimum atomic E-state index is -0.324. The lowest BCUT2D eigenvalue weighted by atomic mass is 9.98. The molecule has 0 aromatic heterocycles. The van der Waals surface area contributed by atoms with Gasteiger partial charge in [0.05, 0.1) is 12.7 Å². The smallest absolute Gasteiger partial charge is 0.168 e.